The number of rotatable bonds is 5. The monoisotopic (exact) mass is 353 g/mol. The molecule has 0 radical (unpaired) electrons. The van der Waals surface area contributed by atoms with E-state index in [4.69, 9.17) is 4.74 Å². The third-order valence-electron chi connectivity index (χ3n) is 4.27. The van der Waals surface area contributed by atoms with Gasteiger partial charge in [-0.2, -0.15) is 0 Å². The highest BCUT2D eigenvalue weighted by Crippen LogP contribution is 2.14. The first-order valence-corrected chi connectivity index (χ1v) is 8.17. The van der Waals surface area contributed by atoms with Gasteiger partial charge in [-0.25, -0.2) is 0 Å². The first-order chi connectivity index (χ1) is 11.2. The fraction of sp³-hybridized carbons (Fsp3) is 0.529. The largest absolute Gasteiger partial charge is 0.378 e. The van der Waals surface area contributed by atoms with Crippen LogP contribution in [0.15, 0.2) is 24.3 Å². The van der Waals surface area contributed by atoms with Crippen LogP contribution in [0.1, 0.15) is 24.0 Å². The van der Waals surface area contributed by atoms with Crippen LogP contribution in [-0.2, 0) is 27.4 Å². The van der Waals surface area contributed by atoms with Gasteiger partial charge in [0.2, 0.25) is 11.8 Å². The van der Waals surface area contributed by atoms with Gasteiger partial charge in [0.25, 0.3) is 0 Å². The van der Waals surface area contributed by atoms with Gasteiger partial charge in [-0.05, 0) is 17.5 Å². The lowest BCUT2D eigenvalue weighted by Gasteiger charge is -2.22. The number of nitrogens with one attached hydrogen (secondary N) is 2. The molecule has 2 amide bonds. The van der Waals surface area contributed by atoms with E-state index in [0.717, 1.165) is 24.1 Å². The number of carbonyl (C=O) groups excluding carboxylic acids is 2. The predicted octanol–water partition coefficient (Wildman–Crippen LogP) is 0.835. The van der Waals surface area contributed by atoms with Crippen molar-refractivity contribution in [1.82, 2.24) is 15.5 Å². The van der Waals surface area contributed by atoms with Crippen LogP contribution in [0.3, 0.4) is 0 Å². The van der Waals surface area contributed by atoms with Crippen molar-refractivity contribution in [2.24, 2.45) is 0 Å². The predicted molar refractivity (Wildman–Crippen MR) is 92.8 cm³/mol. The molecule has 0 bridgehead atoms. The fourth-order valence-corrected chi connectivity index (χ4v) is 2.90. The molecule has 6 nitrogen and oxygen atoms in total. The summed E-state index contributed by atoms with van der Waals surface area (Å²) in [6, 6.07) is 7.79. The van der Waals surface area contributed by atoms with E-state index in [0.29, 0.717) is 39.3 Å². The molecule has 132 valence electrons. The zero-order valence-corrected chi connectivity index (χ0v) is 14.4. The molecule has 0 spiro atoms. The normalized spacial score (nSPS) is 20.6. The highest BCUT2D eigenvalue weighted by Gasteiger charge is 2.21. The summed E-state index contributed by atoms with van der Waals surface area (Å²) in [4.78, 5) is 25.5. The highest BCUT2D eigenvalue weighted by molar-refractivity contribution is 5.85. The first-order valence-electron chi connectivity index (χ1n) is 8.17. The second-order valence-electron chi connectivity index (χ2n) is 6.03. The van der Waals surface area contributed by atoms with Crippen LogP contribution in [0.2, 0.25) is 0 Å². The van der Waals surface area contributed by atoms with Crippen molar-refractivity contribution in [2.45, 2.75) is 32.0 Å². The van der Waals surface area contributed by atoms with Gasteiger partial charge < -0.3 is 20.3 Å². The Morgan fingerprint density at radius 2 is 2.04 bits per heavy atom. The topological polar surface area (TPSA) is 70.7 Å². The molecule has 24 heavy (non-hydrogen) atoms. The van der Waals surface area contributed by atoms with E-state index < -0.39 is 0 Å². The SMILES string of the molecule is Cl.O=C(NCc1ccc(CN2CCCC2=O)cc1)C1COCCN1. The Morgan fingerprint density at radius 3 is 2.67 bits per heavy atom. The van der Waals surface area contributed by atoms with Gasteiger partial charge in [0.1, 0.15) is 6.04 Å². The van der Waals surface area contributed by atoms with Gasteiger partial charge in [-0.15, -0.1) is 12.4 Å². The van der Waals surface area contributed by atoms with E-state index in [1.165, 1.54) is 0 Å². The molecule has 1 atom stereocenters. The lowest BCUT2D eigenvalue weighted by atomic mass is 10.1. The van der Waals surface area contributed by atoms with Gasteiger partial charge >= 0.3 is 0 Å². The summed E-state index contributed by atoms with van der Waals surface area (Å²) >= 11 is 0. The summed E-state index contributed by atoms with van der Waals surface area (Å²) in [5, 5.41) is 6.06. The lowest BCUT2D eigenvalue weighted by molar-refractivity contribution is -0.128. The van der Waals surface area contributed by atoms with Crippen molar-refractivity contribution in [3.05, 3.63) is 35.4 Å². The van der Waals surface area contributed by atoms with Crippen molar-refractivity contribution in [3.63, 3.8) is 0 Å². The number of hydrogen-bond donors (Lipinski definition) is 2. The van der Waals surface area contributed by atoms with E-state index in [1.807, 2.05) is 29.2 Å². The summed E-state index contributed by atoms with van der Waals surface area (Å²) in [6.07, 6.45) is 1.63. The maximum Gasteiger partial charge on any atom is 0.239 e. The average Bonchev–Trinajstić information content (AvgIpc) is 2.99. The second-order valence-corrected chi connectivity index (χ2v) is 6.03. The summed E-state index contributed by atoms with van der Waals surface area (Å²) in [7, 11) is 0. The summed E-state index contributed by atoms with van der Waals surface area (Å²) in [6.45, 7) is 3.82. The molecule has 0 aromatic heterocycles. The Kier molecular flexibility index (Phi) is 7.02. The zero-order valence-electron chi connectivity index (χ0n) is 13.6. The van der Waals surface area contributed by atoms with Crippen LogP contribution >= 0.6 is 12.4 Å². The standard InChI is InChI=1S/C17H23N3O3.ClH/c21-16-2-1-8-20(16)11-14-5-3-13(4-6-14)10-19-17(22)15-12-23-9-7-18-15;/h3-6,15,18H,1-2,7-12H2,(H,19,22);1H. The van der Waals surface area contributed by atoms with Crippen LogP contribution < -0.4 is 10.6 Å². The molecule has 0 aliphatic carbocycles. The number of halogens is 1. The molecular weight excluding hydrogens is 330 g/mol. The quantitative estimate of drug-likeness (QED) is 0.822. The molecule has 1 aromatic carbocycles. The zero-order chi connectivity index (χ0) is 16.1. The Labute approximate surface area is 148 Å². The molecule has 1 aromatic rings. The summed E-state index contributed by atoms with van der Waals surface area (Å²) in [5.74, 6) is 0.208. The number of amides is 2. The number of nitrogens with zero attached hydrogens (tertiary/aromatic N) is 1. The van der Waals surface area contributed by atoms with Gasteiger partial charge in [-0.1, -0.05) is 24.3 Å². The average molecular weight is 354 g/mol. The Balaban J connectivity index is 0.00000208. The minimum absolute atomic E-state index is 0. The Morgan fingerprint density at radius 1 is 1.29 bits per heavy atom. The third kappa shape index (κ3) is 4.93. The van der Waals surface area contributed by atoms with Gasteiger partial charge in [-0.3, -0.25) is 9.59 Å². The molecule has 2 N–H and O–H groups in total. The maximum absolute atomic E-state index is 12.0. The van der Waals surface area contributed by atoms with E-state index in [9.17, 15) is 9.59 Å². The summed E-state index contributed by atoms with van der Waals surface area (Å²) in [5.41, 5.74) is 2.17. The van der Waals surface area contributed by atoms with Crippen LogP contribution in [0.5, 0.6) is 0 Å². The second kappa shape index (κ2) is 9.01. The van der Waals surface area contributed by atoms with E-state index in [-0.39, 0.29) is 30.3 Å². The van der Waals surface area contributed by atoms with Crippen LogP contribution in [0, 0.1) is 0 Å². The van der Waals surface area contributed by atoms with E-state index in [1.54, 1.807) is 0 Å². The minimum atomic E-state index is -0.260. The van der Waals surface area contributed by atoms with Crippen LogP contribution in [0.4, 0.5) is 0 Å². The molecule has 2 heterocycles. The lowest BCUT2D eigenvalue weighted by Crippen LogP contribution is -2.51. The highest BCUT2D eigenvalue weighted by atomic mass is 35.5. The van der Waals surface area contributed by atoms with Gasteiger partial charge in [0.05, 0.1) is 13.2 Å². The molecule has 2 aliphatic rings. The molecular formula is C17H24ClN3O3. The fourth-order valence-electron chi connectivity index (χ4n) is 2.90. The third-order valence-corrected chi connectivity index (χ3v) is 4.27. The van der Waals surface area contributed by atoms with Crippen molar-refractivity contribution in [3.8, 4) is 0 Å². The molecule has 2 fully saturated rings. The van der Waals surface area contributed by atoms with Gasteiger partial charge in [0, 0.05) is 32.6 Å². The van der Waals surface area contributed by atoms with Crippen molar-refractivity contribution >= 4 is 24.2 Å². The van der Waals surface area contributed by atoms with Crippen LogP contribution in [-0.4, -0.2) is 49.1 Å². The maximum atomic E-state index is 12.0. The molecule has 2 saturated heterocycles. The molecule has 2 aliphatic heterocycles. The smallest absolute Gasteiger partial charge is 0.239 e. The van der Waals surface area contributed by atoms with E-state index >= 15 is 0 Å². The molecule has 7 heteroatoms. The number of likely N-dealkylation sites (tertiary alicyclic amines) is 1. The Bertz CT molecular complexity index is 559. The van der Waals surface area contributed by atoms with E-state index in [2.05, 4.69) is 10.6 Å². The van der Waals surface area contributed by atoms with Crippen molar-refractivity contribution in [2.75, 3.05) is 26.3 Å². The number of hydrogen-bond acceptors (Lipinski definition) is 4. The first kappa shape index (κ1) is 18.7. The summed E-state index contributed by atoms with van der Waals surface area (Å²) < 4.78 is 5.29. The minimum Gasteiger partial charge on any atom is -0.378 e. The van der Waals surface area contributed by atoms with Crippen molar-refractivity contribution < 1.29 is 14.3 Å². The number of morpholine rings is 1. The van der Waals surface area contributed by atoms with Crippen LogP contribution in [0.25, 0.3) is 0 Å². The molecule has 3 rings (SSSR count). The number of ether oxygens (including phenoxy) is 1. The number of carbonyl (C=O) groups is 2. The van der Waals surface area contributed by atoms with Crippen molar-refractivity contribution in [1.29, 1.82) is 0 Å². The Hall–Kier alpha value is -1.63. The number of benzene rings is 1. The molecule has 1 unspecified atom stereocenters. The molecule has 0 saturated carbocycles. The van der Waals surface area contributed by atoms with Gasteiger partial charge in [0.15, 0.2) is 0 Å².